The van der Waals surface area contributed by atoms with Crippen LogP contribution in [-0.2, 0) is 44.4 Å². The van der Waals surface area contributed by atoms with Crippen molar-refractivity contribution in [3.05, 3.63) is 41.6 Å². The van der Waals surface area contributed by atoms with Gasteiger partial charge in [-0.3, -0.25) is 13.8 Å². The number of nitrogens with two attached hydrogens (primary N) is 1. The van der Waals surface area contributed by atoms with Gasteiger partial charge in [0.15, 0.2) is 29.2 Å². The van der Waals surface area contributed by atoms with E-state index in [1.807, 2.05) is 18.2 Å². The third kappa shape index (κ3) is 6.80. The van der Waals surface area contributed by atoms with Crippen LogP contribution in [-0.4, -0.2) is 79.4 Å². The van der Waals surface area contributed by atoms with E-state index in [4.69, 9.17) is 15.2 Å². The van der Waals surface area contributed by atoms with Crippen molar-refractivity contribution >= 4 is 62.1 Å². The summed E-state index contributed by atoms with van der Waals surface area (Å²) in [6.45, 7) is 5.23. The molecular formula is C27H35IN7O5S+. The van der Waals surface area contributed by atoms with E-state index < -0.39 is 10.8 Å². The fourth-order valence-electron chi connectivity index (χ4n) is 5.23. The number of rotatable bonds is 10. The molecule has 0 spiro atoms. The Kier molecular flexibility index (Phi) is 9.70. The number of amides is 2. The van der Waals surface area contributed by atoms with E-state index in [1.165, 1.54) is 0 Å². The molecule has 0 saturated carbocycles. The standard InChI is InChI=1S/C27H34IN7O5S/c1-2-34-21-6-5-19(40-17-24(36)33-7-10-41(38)11-8-33)12-22(21)35(16-20-4-3-9-39-20)23(34)15-31-27(37)25-26(29)30-14-18(13-28)32-25/h5-6,12,14,20H,2-4,7-11,13,15-17H2,1H3,(H2-,29,30,31,37)/p+1/t20-/m0/s1. The minimum atomic E-state index is -0.847. The number of halogens is 1. The molecule has 0 radical (unpaired) electrons. The van der Waals surface area contributed by atoms with Gasteiger partial charge in [0, 0.05) is 52.5 Å². The maximum absolute atomic E-state index is 13.1. The Morgan fingerprint density at radius 1 is 1.32 bits per heavy atom. The number of carbonyl (C=O) groups excluding carboxylic acids is 2. The van der Waals surface area contributed by atoms with Crippen molar-refractivity contribution in [2.45, 2.75) is 49.9 Å². The zero-order valence-corrected chi connectivity index (χ0v) is 26.0. The fraction of sp³-hybridized carbons (Fsp3) is 0.519. The van der Waals surface area contributed by atoms with Gasteiger partial charge in [0.1, 0.15) is 18.8 Å². The molecule has 2 aliphatic rings. The molecule has 220 valence electrons. The van der Waals surface area contributed by atoms with Crippen molar-refractivity contribution < 1.29 is 27.8 Å². The average molecular weight is 697 g/mol. The van der Waals surface area contributed by atoms with E-state index >= 15 is 0 Å². The quantitative estimate of drug-likeness (QED) is 0.184. The average Bonchev–Trinajstić information content (AvgIpc) is 3.61. The van der Waals surface area contributed by atoms with E-state index in [2.05, 4.69) is 53.9 Å². The molecule has 5 rings (SSSR count). The van der Waals surface area contributed by atoms with Crippen LogP contribution < -0.4 is 20.4 Å². The Hall–Kier alpha value is -2.85. The predicted molar refractivity (Wildman–Crippen MR) is 162 cm³/mol. The summed E-state index contributed by atoms with van der Waals surface area (Å²) in [7, 11) is -0.847. The first-order valence-corrected chi connectivity index (χ1v) is 16.8. The van der Waals surface area contributed by atoms with Crippen LogP contribution in [0.4, 0.5) is 5.82 Å². The number of anilines is 1. The number of hydrogen-bond acceptors (Lipinski definition) is 8. The topological polar surface area (TPSA) is 146 Å². The number of aryl methyl sites for hydroxylation is 1. The minimum absolute atomic E-state index is 0.0583. The van der Waals surface area contributed by atoms with Crippen molar-refractivity contribution in [2.24, 2.45) is 0 Å². The molecule has 3 N–H and O–H groups in total. The van der Waals surface area contributed by atoms with Crippen molar-refractivity contribution in [3.63, 3.8) is 0 Å². The monoisotopic (exact) mass is 696 g/mol. The number of benzene rings is 1. The molecule has 3 aromatic rings. The molecule has 14 heteroatoms. The maximum Gasteiger partial charge on any atom is 0.277 e. The zero-order chi connectivity index (χ0) is 28.9. The molecular weight excluding hydrogens is 661 g/mol. The number of fused-ring (bicyclic) bond motifs is 1. The summed E-state index contributed by atoms with van der Waals surface area (Å²) in [6.07, 6.45) is 3.60. The van der Waals surface area contributed by atoms with Gasteiger partial charge in [0.25, 0.3) is 17.6 Å². The van der Waals surface area contributed by atoms with Gasteiger partial charge in [0.05, 0.1) is 24.5 Å². The van der Waals surface area contributed by atoms with Crippen LogP contribution in [0.2, 0.25) is 0 Å². The largest absolute Gasteiger partial charge is 0.484 e. The van der Waals surface area contributed by atoms with Gasteiger partial charge in [-0.05, 0) is 31.9 Å². The van der Waals surface area contributed by atoms with Crippen LogP contribution in [0.25, 0.3) is 11.0 Å². The summed E-state index contributed by atoms with van der Waals surface area (Å²) < 4.78 is 28.5. The zero-order valence-electron chi connectivity index (χ0n) is 23.0. The van der Waals surface area contributed by atoms with Crippen LogP contribution in [0.15, 0.2) is 24.4 Å². The fourth-order valence-corrected chi connectivity index (χ4v) is 6.65. The smallest absolute Gasteiger partial charge is 0.277 e. The Morgan fingerprint density at radius 2 is 2.12 bits per heavy atom. The Morgan fingerprint density at radius 3 is 2.83 bits per heavy atom. The van der Waals surface area contributed by atoms with E-state index in [9.17, 15) is 13.8 Å². The molecule has 41 heavy (non-hydrogen) atoms. The van der Waals surface area contributed by atoms with Crippen molar-refractivity contribution in [3.8, 4) is 5.75 Å². The number of hydrogen-bond donors (Lipinski definition) is 2. The lowest BCUT2D eigenvalue weighted by atomic mass is 10.2. The Balaban J connectivity index is 1.40. The molecule has 2 fully saturated rings. The van der Waals surface area contributed by atoms with Gasteiger partial charge in [-0.25, -0.2) is 19.1 Å². The number of aromatic nitrogens is 4. The highest BCUT2D eigenvalue weighted by Crippen LogP contribution is 2.24. The molecule has 2 aliphatic heterocycles. The second-order valence-corrected chi connectivity index (χ2v) is 12.4. The molecule has 1 aromatic carbocycles. The highest BCUT2D eigenvalue weighted by molar-refractivity contribution is 14.1. The first kappa shape index (κ1) is 29.6. The normalized spacial score (nSPS) is 17.7. The number of carbonyl (C=O) groups is 2. The summed E-state index contributed by atoms with van der Waals surface area (Å²) in [4.78, 5) is 36.0. The van der Waals surface area contributed by atoms with Gasteiger partial charge in [-0.1, -0.05) is 22.6 Å². The third-order valence-corrected chi connectivity index (χ3v) is 9.44. The lowest BCUT2D eigenvalue weighted by Gasteiger charge is -2.26. The van der Waals surface area contributed by atoms with Crippen molar-refractivity contribution in [1.29, 1.82) is 0 Å². The number of ether oxygens (including phenoxy) is 2. The molecule has 2 saturated heterocycles. The first-order valence-electron chi connectivity index (χ1n) is 13.8. The summed E-state index contributed by atoms with van der Waals surface area (Å²) in [6, 6.07) is 5.78. The van der Waals surface area contributed by atoms with Gasteiger partial charge in [0.2, 0.25) is 0 Å². The molecule has 4 heterocycles. The lowest BCUT2D eigenvalue weighted by molar-refractivity contribution is -0.676. The maximum atomic E-state index is 13.1. The van der Waals surface area contributed by atoms with E-state index in [0.717, 1.165) is 36.3 Å². The highest BCUT2D eigenvalue weighted by Gasteiger charge is 2.30. The Bertz CT molecular complexity index is 1450. The van der Waals surface area contributed by atoms with Crippen LogP contribution >= 0.6 is 22.6 Å². The summed E-state index contributed by atoms with van der Waals surface area (Å²) in [5, 5.41) is 2.99. The van der Waals surface area contributed by atoms with Gasteiger partial charge < -0.3 is 25.4 Å². The number of nitrogens with one attached hydrogen (secondary N) is 1. The van der Waals surface area contributed by atoms with E-state index in [-0.39, 0.29) is 42.6 Å². The molecule has 2 amide bonds. The summed E-state index contributed by atoms with van der Waals surface area (Å²) in [5.74, 6) is 2.09. The predicted octanol–water partition coefficient (Wildman–Crippen LogP) is 1.33. The minimum Gasteiger partial charge on any atom is -0.484 e. The molecule has 0 unspecified atom stereocenters. The molecule has 1 atom stereocenters. The number of nitrogens with zero attached hydrogens (tertiary/aromatic N) is 5. The Labute approximate surface area is 254 Å². The summed E-state index contributed by atoms with van der Waals surface area (Å²) in [5.41, 5.74) is 8.68. The number of alkyl halides is 1. The van der Waals surface area contributed by atoms with Crippen LogP contribution in [0.1, 0.15) is 41.8 Å². The number of imidazole rings is 1. The second kappa shape index (κ2) is 13.4. The lowest BCUT2D eigenvalue weighted by Crippen LogP contribution is -2.43. The van der Waals surface area contributed by atoms with Gasteiger partial charge >= 0.3 is 0 Å². The third-order valence-electron chi connectivity index (χ3n) is 7.38. The number of nitrogen functional groups attached to an aromatic ring is 1. The van der Waals surface area contributed by atoms with Gasteiger partial charge in [-0.15, -0.1) is 0 Å². The van der Waals surface area contributed by atoms with E-state index in [0.29, 0.717) is 53.6 Å². The molecule has 2 aromatic heterocycles. The molecule has 12 nitrogen and oxygen atoms in total. The molecule has 0 aliphatic carbocycles. The van der Waals surface area contributed by atoms with Crippen molar-refractivity contribution in [1.82, 2.24) is 24.8 Å². The molecule has 0 bridgehead atoms. The van der Waals surface area contributed by atoms with Gasteiger partial charge in [-0.2, -0.15) is 0 Å². The second-order valence-electron chi connectivity index (χ2n) is 9.99. The van der Waals surface area contributed by atoms with Crippen LogP contribution in [0.3, 0.4) is 0 Å². The highest BCUT2D eigenvalue weighted by atomic mass is 127. The van der Waals surface area contributed by atoms with Crippen LogP contribution in [0.5, 0.6) is 5.75 Å². The first-order chi connectivity index (χ1) is 19.9. The summed E-state index contributed by atoms with van der Waals surface area (Å²) >= 11 is 2.17. The van der Waals surface area contributed by atoms with Crippen LogP contribution in [0, 0.1) is 0 Å². The van der Waals surface area contributed by atoms with Crippen molar-refractivity contribution in [2.75, 3.05) is 43.5 Å². The SMILES string of the molecule is CC[n+]1c(CNC(=O)c2nc(CI)cnc2N)n(C[C@@H]2CCCO2)c2cc(OCC(=O)N3CCS(=O)CC3)ccc21. The van der Waals surface area contributed by atoms with E-state index in [1.54, 1.807) is 11.1 Å².